The molecule has 0 bridgehead atoms. The predicted molar refractivity (Wildman–Crippen MR) is 81.0 cm³/mol. The lowest BCUT2D eigenvalue weighted by atomic mass is 10.1. The summed E-state index contributed by atoms with van der Waals surface area (Å²) >= 11 is 0. The van der Waals surface area contributed by atoms with Crippen molar-refractivity contribution in [2.75, 3.05) is 18.9 Å². The van der Waals surface area contributed by atoms with Crippen LogP contribution >= 0.6 is 0 Å². The second kappa shape index (κ2) is 5.12. The quantitative estimate of drug-likeness (QED) is 0.911. The van der Waals surface area contributed by atoms with Crippen LogP contribution in [0.5, 0.6) is 0 Å². The number of likely N-dealkylation sites (tertiary alicyclic amines) is 1. The van der Waals surface area contributed by atoms with Gasteiger partial charge in [-0.2, -0.15) is 0 Å². The van der Waals surface area contributed by atoms with E-state index in [2.05, 4.69) is 17.2 Å². The molecule has 3 rings (SSSR count). The van der Waals surface area contributed by atoms with Gasteiger partial charge in [0.2, 0.25) is 0 Å². The van der Waals surface area contributed by atoms with Crippen molar-refractivity contribution >= 4 is 22.5 Å². The van der Waals surface area contributed by atoms with Gasteiger partial charge in [0.05, 0.1) is 0 Å². The molecule has 1 unspecified atom stereocenters. The lowest BCUT2D eigenvalue weighted by molar-refractivity contribution is 0.0742. The molecule has 0 aliphatic carbocycles. The molecule has 4 nitrogen and oxygen atoms in total. The number of nitrogens with one attached hydrogen (secondary N) is 1. The highest BCUT2D eigenvalue weighted by Crippen LogP contribution is 2.25. The van der Waals surface area contributed by atoms with Gasteiger partial charge in [-0.15, -0.1) is 0 Å². The molecule has 1 amide bonds. The van der Waals surface area contributed by atoms with Gasteiger partial charge < -0.3 is 10.2 Å². The number of rotatable bonds is 2. The fraction of sp³-hybridized carbons (Fsp3) is 0.375. The number of carbonyl (C=O) groups excluding carboxylic acids is 1. The van der Waals surface area contributed by atoms with Gasteiger partial charge in [0, 0.05) is 25.0 Å². The molecule has 1 atom stereocenters. The fourth-order valence-corrected chi connectivity index (χ4v) is 2.88. The summed E-state index contributed by atoms with van der Waals surface area (Å²) in [6, 6.07) is 10.2. The molecule has 20 heavy (non-hydrogen) atoms. The Morgan fingerprint density at radius 1 is 1.40 bits per heavy atom. The minimum Gasteiger partial charge on any atom is -0.373 e. The first-order valence-corrected chi connectivity index (χ1v) is 7.09. The summed E-state index contributed by atoms with van der Waals surface area (Å²) in [5, 5.41) is 5.17. The Kier molecular flexibility index (Phi) is 3.30. The molecule has 104 valence electrons. The van der Waals surface area contributed by atoms with E-state index in [0.29, 0.717) is 11.7 Å². The molecule has 0 radical (unpaired) electrons. The largest absolute Gasteiger partial charge is 0.373 e. The number of anilines is 1. The van der Waals surface area contributed by atoms with Gasteiger partial charge in [0.15, 0.2) is 0 Å². The van der Waals surface area contributed by atoms with Crippen molar-refractivity contribution in [2.24, 2.45) is 0 Å². The summed E-state index contributed by atoms with van der Waals surface area (Å²) in [4.78, 5) is 19.0. The molecule has 0 spiro atoms. The lowest BCUT2D eigenvalue weighted by Gasteiger charge is -2.21. The van der Waals surface area contributed by atoms with Gasteiger partial charge in [-0.25, -0.2) is 4.98 Å². The van der Waals surface area contributed by atoms with Crippen LogP contribution in [0.4, 0.5) is 5.82 Å². The summed E-state index contributed by atoms with van der Waals surface area (Å²) in [5.74, 6) is 0.801. The van der Waals surface area contributed by atoms with Crippen LogP contribution in [0.3, 0.4) is 0 Å². The zero-order valence-corrected chi connectivity index (χ0v) is 11.9. The van der Waals surface area contributed by atoms with Crippen molar-refractivity contribution in [3.63, 3.8) is 0 Å². The Labute approximate surface area is 118 Å². The Hall–Kier alpha value is -2.10. The van der Waals surface area contributed by atoms with Crippen molar-refractivity contribution in [2.45, 2.75) is 25.8 Å². The van der Waals surface area contributed by atoms with Gasteiger partial charge in [-0.05, 0) is 31.2 Å². The molecule has 1 aromatic heterocycles. The van der Waals surface area contributed by atoms with Crippen molar-refractivity contribution in [1.29, 1.82) is 0 Å². The third-order valence-electron chi connectivity index (χ3n) is 4.01. The topological polar surface area (TPSA) is 45.2 Å². The van der Waals surface area contributed by atoms with Crippen LogP contribution in [-0.4, -0.2) is 35.4 Å². The van der Waals surface area contributed by atoms with Gasteiger partial charge in [0.1, 0.15) is 11.5 Å². The maximum atomic E-state index is 12.6. The summed E-state index contributed by atoms with van der Waals surface area (Å²) in [6.07, 6.45) is 2.16. The molecule has 1 aliphatic heterocycles. The van der Waals surface area contributed by atoms with Crippen LogP contribution in [0, 0.1) is 0 Å². The van der Waals surface area contributed by atoms with E-state index in [4.69, 9.17) is 0 Å². The van der Waals surface area contributed by atoms with E-state index >= 15 is 0 Å². The first-order chi connectivity index (χ1) is 9.70. The third-order valence-corrected chi connectivity index (χ3v) is 4.01. The molecular formula is C16H19N3O. The van der Waals surface area contributed by atoms with Crippen molar-refractivity contribution in [1.82, 2.24) is 9.88 Å². The number of hydrogen-bond donors (Lipinski definition) is 1. The molecule has 4 heteroatoms. The second-order valence-electron chi connectivity index (χ2n) is 5.32. The van der Waals surface area contributed by atoms with E-state index in [1.807, 2.05) is 42.3 Å². The average molecular weight is 269 g/mol. The number of benzene rings is 1. The summed E-state index contributed by atoms with van der Waals surface area (Å²) in [5.41, 5.74) is 0.529. The normalized spacial score (nSPS) is 18.5. The molecular weight excluding hydrogens is 250 g/mol. The maximum Gasteiger partial charge on any atom is 0.272 e. The Morgan fingerprint density at radius 3 is 2.90 bits per heavy atom. The van der Waals surface area contributed by atoms with Gasteiger partial charge in [0.25, 0.3) is 5.91 Å². The van der Waals surface area contributed by atoms with Crippen LogP contribution in [0.15, 0.2) is 30.3 Å². The van der Waals surface area contributed by atoms with E-state index < -0.39 is 0 Å². The smallest absolute Gasteiger partial charge is 0.272 e. The van der Waals surface area contributed by atoms with E-state index in [0.717, 1.165) is 36.0 Å². The van der Waals surface area contributed by atoms with Crippen molar-refractivity contribution in [3.8, 4) is 0 Å². The summed E-state index contributed by atoms with van der Waals surface area (Å²) in [6.45, 7) is 2.94. The van der Waals surface area contributed by atoms with Gasteiger partial charge >= 0.3 is 0 Å². The van der Waals surface area contributed by atoms with Crippen molar-refractivity contribution < 1.29 is 4.79 Å². The second-order valence-corrected chi connectivity index (χ2v) is 5.32. The minimum absolute atomic E-state index is 0.0391. The van der Waals surface area contributed by atoms with E-state index in [1.165, 1.54) is 0 Å². The predicted octanol–water partition coefficient (Wildman–Crippen LogP) is 2.90. The Balaban J connectivity index is 2.05. The zero-order chi connectivity index (χ0) is 14.1. The Morgan fingerprint density at radius 2 is 2.20 bits per heavy atom. The molecule has 2 heterocycles. The van der Waals surface area contributed by atoms with Gasteiger partial charge in [-0.3, -0.25) is 4.79 Å². The van der Waals surface area contributed by atoms with E-state index in [-0.39, 0.29) is 5.91 Å². The number of nitrogens with zero attached hydrogens (tertiary/aromatic N) is 2. The van der Waals surface area contributed by atoms with E-state index in [9.17, 15) is 4.79 Å². The molecule has 0 saturated carbocycles. The molecule has 1 aliphatic rings. The van der Waals surface area contributed by atoms with Crippen LogP contribution in [0.2, 0.25) is 0 Å². The highest BCUT2D eigenvalue weighted by molar-refractivity contribution is 6.00. The monoisotopic (exact) mass is 269 g/mol. The van der Waals surface area contributed by atoms with Crippen LogP contribution in [0.1, 0.15) is 30.3 Å². The highest BCUT2D eigenvalue weighted by atomic mass is 16.2. The standard InChI is InChI=1S/C16H19N3O/c1-11-6-5-9-19(11)16(20)14-10-12-7-3-4-8-13(12)15(17-2)18-14/h3-4,7-8,10-11H,5-6,9H2,1-2H3,(H,17,18). The maximum absolute atomic E-state index is 12.6. The molecule has 1 N–H and O–H groups in total. The summed E-state index contributed by atoms with van der Waals surface area (Å²) < 4.78 is 0. The van der Waals surface area contributed by atoms with E-state index in [1.54, 1.807) is 0 Å². The molecule has 1 fully saturated rings. The first kappa shape index (κ1) is 12.9. The SMILES string of the molecule is CNc1nc(C(=O)N2CCCC2C)cc2ccccc12. The summed E-state index contributed by atoms with van der Waals surface area (Å²) in [7, 11) is 1.83. The van der Waals surface area contributed by atoms with Crippen LogP contribution < -0.4 is 5.32 Å². The van der Waals surface area contributed by atoms with Crippen molar-refractivity contribution in [3.05, 3.63) is 36.0 Å². The number of fused-ring (bicyclic) bond motifs is 1. The number of carbonyl (C=O) groups is 1. The minimum atomic E-state index is 0.0391. The van der Waals surface area contributed by atoms with Gasteiger partial charge in [-0.1, -0.05) is 24.3 Å². The molecule has 2 aromatic rings. The number of pyridine rings is 1. The Bertz CT molecular complexity index is 653. The third kappa shape index (κ3) is 2.11. The molecule has 1 aromatic carbocycles. The fourth-order valence-electron chi connectivity index (χ4n) is 2.88. The first-order valence-electron chi connectivity index (χ1n) is 7.09. The average Bonchev–Trinajstić information content (AvgIpc) is 2.91. The zero-order valence-electron chi connectivity index (χ0n) is 11.9. The van der Waals surface area contributed by atoms with Crippen LogP contribution in [-0.2, 0) is 0 Å². The number of hydrogen-bond acceptors (Lipinski definition) is 3. The lowest BCUT2D eigenvalue weighted by Crippen LogP contribution is -2.34. The highest BCUT2D eigenvalue weighted by Gasteiger charge is 2.27. The molecule has 1 saturated heterocycles. The number of amides is 1. The number of aromatic nitrogens is 1. The van der Waals surface area contributed by atoms with Crippen LogP contribution in [0.25, 0.3) is 10.8 Å².